The molecule has 0 aliphatic heterocycles. The molecular formula is C14H16ClNO4. The van der Waals surface area contributed by atoms with E-state index in [0.29, 0.717) is 0 Å². The van der Waals surface area contributed by atoms with Crippen LogP contribution in [0.2, 0.25) is 5.02 Å². The maximum atomic E-state index is 12.3. The average Bonchev–Trinajstić information content (AvgIpc) is 2.40. The average molecular weight is 298 g/mol. The van der Waals surface area contributed by atoms with Gasteiger partial charge in [-0.05, 0) is 25.1 Å². The molecule has 1 N–H and O–H groups in total. The van der Waals surface area contributed by atoms with Crippen molar-refractivity contribution >= 4 is 23.5 Å². The van der Waals surface area contributed by atoms with Crippen LogP contribution in [0.4, 0.5) is 0 Å². The lowest BCUT2D eigenvalue weighted by Crippen LogP contribution is -2.36. The van der Waals surface area contributed by atoms with Gasteiger partial charge in [-0.2, -0.15) is 0 Å². The third-order valence-corrected chi connectivity index (χ3v) is 2.77. The van der Waals surface area contributed by atoms with Crippen molar-refractivity contribution in [2.45, 2.75) is 6.92 Å². The summed E-state index contributed by atoms with van der Waals surface area (Å²) in [5.74, 6) is -1.06. The maximum absolute atomic E-state index is 12.3. The first-order valence-corrected chi connectivity index (χ1v) is 6.41. The Morgan fingerprint density at radius 1 is 1.50 bits per heavy atom. The highest BCUT2D eigenvalue weighted by atomic mass is 35.5. The lowest BCUT2D eigenvalue weighted by molar-refractivity contribution is -0.143. The lowest BCUT2D eigenvalue weighted by atomic mass is 10.2. The topological polar surface area (TPSA) is 66.8 Å². The molecule has 0 aromatic heterocycles. The molecule has 0 aliphatic carbocycles. The number of carbonyl (C=O) groups excluding carboxylic acids is 2. The minimum absolute atomic E-state index is 0.0764. The zero-order chi connectivity index (χ0) is 15.1. The van der Waals surface area contributed by atoms with Crippen LogP contribution >= 0.6 is 11.6 Å². The Morgan fingerprint density at radius 2 is 2.20 bits per heavy atom. The molecule has 0 heterocycles. The summed E-state index contributed by atoms with van der Waals surface area (Å²) < 4.78 is 4.81. The first kappa shape index (κ1) is 16.0. The SMILES string of the molecule is C=CCN(CC(=O)OCC)C(=O)c1cc(O)ccc1Cl. The fourth-order valence-corrected chi connectivity index (χ4v) is 1.78. The van der Waals surface area contributed by atoms with Crippen LogP contribution in [0.15, 0.2) is 30.9 Å². The van der Waals surface area contributed by atoms with E-state index >= 15 is 0 Å². The van der Waals surface area contributed by atoms with Crippen molar-refractivity contribution in [2.24, 2.45) is 0 Å². The van der Waals surface area contributed by atoms with E-state index in [1.165, 1.54) is 29.2 Å². The maximum Gasteiger partial charge on any atom is 0.325 e. The number of carbonyl (C=O) groups is 2. The molecule has 0 saturated carbocycles. The molecule has 0 bridgehead atoms. The van der Waals surface area contributed by atoms with Gasteiger partial charge in [0.1, 0.15) is 12.3 Å². The second-order valence-corrected chi connectivity index (χ2v) is 4.35. The second kappa shape index (κ2) is 7.55. The first-order chi connectivity index (χ1) is 9.49. The molecule has 1 rings (SSSR count). The van der Waals surface area contributed by atoms with Crippen LogP contribution in [-0.4, -0.2) is 41.6 Å². The summed E-state index contributed by atoms with van der Waals surface area (Å²) in [6.07, 6.45) is 1.49. The minimum atomic E-state index is -0.515. The second-order valence-electron chi connectivity index (χ2n) is 3.94. The van der Waals surface area contributed by atoms with Gasteiger partial charge in [-0.3, -0.25) is 9.59 Å². The molecule has 20 heavy (non-hydrogen) atoms. The van der Waals surface area contributed by atoms with Gasteiger partial charge in [0.25, 0.3) is 5.91 Å². The third-order valence-electron chi connectivity index (χ3n) is 2.44. The zero-order valence-corrected chi connectivity index (χ0v) is 11.9. The molecule has 6 heteroatoms. The number of phenols is 1. The standard InChI is InChI=1S/C14H16ClNO4/c1-3-7-16(9-13(18)20-4-2)14(19)11-8-10(17)5-6-12(11)15/h3,5-6,8,17H,1,4,7,9H2,2H3. The fourth-order valence-electron chi connectivity index (χ4n) is 1.59. The van der Waals surface area contributed by atoms with Crippen LogP contribution in [0.25, 0.3) is 0 Å². The minimum Gasteiger partial charge on any atom is -0.508 e. The Labute approximate surface area is 122 Å². The Kier molecular flexibility index (Phi) is 6.06. The molecular weight excluding hydrogens is 282 g/mol. The van der Waals surface area contributed by atoms with Gasteiger partial charge in [-0.1, -0.05) is 17.7 Å². The molecule has 0 spiro atoms. The zero-order valence-electron chi connectivity index (χ0n) is 11.1. The van der Waals surface area contributed by atoms with Crippen LogP contribution in [0.3, 0.4) is 0 Å². The summed E-state index contributed by atoms with van der Waals surface area (Å²) >= 11 is 5.93. The molecule has 1 aromatic rings. The van der Waals surface area contributed by atoms with Gasteiger partial charge in [0.15, 0.2) is 0 Å². The molecule has 5 nitrogen and oxygen atoms in total. The normalized spacial score (nSPS) is 9.90. The van der Waals surface area contributed by atoms with Gasteiger partial charge >= 0.3 is 5.97 Å². The number of hydrogen-bond donors (Lipinski definition) is 1. The van der Waals surface area contributed by atoms with Crippen LogP contribution in [0, 0.1) is 0 Å². The van der Waals surface area contributed by atoms with Crippen LogP contribution in [0.5, 0.6) is 5.75 Å². The van der Waals surface area contributed by atoms with Crippen LogP contribution in [-0.2, 0) is 9.53 Å². The molecule has 0 aliphatic rings. The number of nitrogens with zero attached hydrogens (tertiary/aromatic N) is 1. The van der Waals surface area contributed by atoms with Crippen molar-refractivity contribution in [3.63, 3.8) is 0 Å². The summed E-state index contributed by atoms with van der Waals surface area (Å²) in [5.41, 5.74) is 0.123. The van der Waals surface area contributed by atoms with E-state index < -0.39 is 11.9 Å². The van der Waals surface area contributed by atoms with Crippen molar-refractivity contribution in [1.29, 1.82) is 0 Å². The van der Waals surface area contributed by atoms with E-state index in [9.17, 15) is 14.7 Å². The molecule has 0 radical (unpaired) electrons. The Hall–Kier alpha value is -2.01. The number of ether oxygens (including phenoxy) is 1. The van der Waals surface area contributed by atoms with Crippen molar-refractivity contribution in [3.05, 3.63) is 41.4 Å². The third kappa shape index (κ3) is 4.28. The van der Waals surface area contributed by atoms with Crippen molar-refractivity contribution < 1.29 is 19.4 Å². The highest BCUT2D eigenvalue weighted by molar-refractivity contribution is 6.33. The fraction of sp³-hybridized carbons (Fsp3) is 0.286. The number of esters is 1. The summed E-state index contributed by atoms with van der Waals surface area (Å²) in [6, 6.07) is 4.05. The molecule has 0 saturated heterocycles. The number of phenolic OH excluding ortho intramolecular Hbond substituents is 1. The van der Waals surface area contributed by atoms with Crippen LogP contribution < -0.4 is 0 Å². The van der Waals surface area contributed by atoms with E-state index in [-0.39, 0.29) is 36.0 Å². The molecule has 108 valence electrons. The largest absolute Gasteiger partial charge is 0.508 e. The number of hydrogen-bond acceptors (Lipinski definition) is 4. The molecule has 0 fully saturated rings. The van der Waals surface area contributed by atoms with E-state index in [4.69, 9.17) is 16.3 Å². The number of halogens is 1. The van der Waals surface area contributed by atoms with Crippen molar-refractivity contribution in [2.75, 3.05) is 19.7 Å². The quantitative estimate of drug-likeness (QED) is 0.646. The predicted molar refractivity (Wildman–Crippen MR) is 75.9 cm³/mol. The van der Waals surface area contributed by atoms with E-state index in [1.807, 2.05) is 0 Å². The monoisotopic (exact) mass is 297 g/mol. The van der Waals surface area contributed by atoms with Crippen molar-refractivity contribution in [3.8, 4) is 5.75 Å². The first-order valence-electron chi connectivity index (χ1n) is 6.03. The molecule has 0 atom stereocenters. The smallest absolute Gasteiger partial charge is 0.325 e. The van der Waals surface area contributed by atoms with Gasteiger partial charge in [0.05, 0.1) is 17.2 Å². The highest BCUT2D eigenvalue weighted by Crippen LogP contribution is 2.22. The van der Waals surface area contributed by atoms with Crippen LogP contribution in [0.1, 0.15) is 17.3 Å². The van der Waals surface area contributed by atoms with Gasteiger partial charge in [-0.15, -0.1) is 6.58 Å². The summed E-state index contributed by atoms with van der Waals surface area (Å²) in [7, 11) is 0. The number of rotatable bonds is 6. The molecule has 1 amide bonds. The highest BCUT2D eigenvalue weighted by Gasteiger charge is 2.21. The van der Waals surface area contributed by atoms with Gasteiger partial charge in [0.2, 0.25) is 0 Å². The molecule has 1 aromatic carbocycles. The van der Waals surface area contributed by atoms with E-state index in [0.717, 1.165) is 0 Å². The van der Waals surface area contributed by atoms with E-state index in [1.54, 1.807) is 6.92 Å². The van der Waals surface area contributed by atoms with Gasteiger partial charge < -0.3 is 14.7 Å². The number of benzene rings is 1. The summed E-state index contributed by atoms with van der Waals surface area (Å²) in [5, 5.41) is 9.62. The van der Waals surface area contributed by atoms with E-state index in [2.05, 4.69) is 6.58 Å². The Morgan fingerprint density at radius 3 is 2.80 bits per heavy atom. The Bertz CT molecular complexity index is 516. The summed E-state index contributed by atoms with van der Waals surface area (Å²) in [6.45, 7) is 5.43. The number of aromatic hydroxyl groups is 1. The summed E-state index contributed by atoms with van der Waals surface area (Å²) in [4.78, 5) is 25.0. The lowest BCUT2D eigenvalue weighted by Gasteiger charge is -2.20. The predicted octanol–water partition coefficient (Wildman–Crippen LogP) is 2.24. The van der Waals surface area contributed by atoms with Crippen molar-refractivity contribution in [1.82, 2.24) is 4.90 Å². The van der Waals surface area contributed by atoms with Gasteiger partial charge in [0, 0.05) is 6.54 Å². The van der Waals surface area contributed by atoms with Gasteiger partial charge in [-0.25, -0.2) is 0 Å². The number of amides is 1. The molecule has 0 unspecified atom stereocenters. The Balaban J connectivity index is 2.95.